The molecule has 4 aromatic rings. The van der Waals surface area contributed by atoms with Crippen molar-refractivity contribution in [2.75, 3.05) is 31.6 Å². The Morgan fingerprint density at radius 3 is 2.63 bits per heavy atom. The zero-order valence-corrected chi connectivity index (χ0v) is 19.7. The number of rotatable bonds is 6. The van der Waals surface area contributed by atoms with Crippen molar-refractivity contribution in [2.45, 2.75) is 4.90 Å². The van der Waals surface area contributed by atoms with Crippen molar-refractivity contribution < 1.29 is 27.5 Å². The highest BCUT2D eigenvalue weighted by molar-refractivity contribution is 7.89. The summed E-state index contributed by atoms with van der Waals surface area (Å²) in [5, 5.41) is 13.8. The Morgan fingerprint density at radius 2 is 1.91 bits per heavy atom. The Bertz CT molecular complexity index is 1520. The van der Waals surface area contributed by atoms with Gasteiger partial charge in [-0.1, -0.05) is 11.6 Å². The second-order valence-electron chi connectivity index (χ2n) is 7.70. The van der Waals surface area contributed by atoms with Gasteiger partial charge < -0.3 is 19.6 Å². The highest BCUT2D eigenvalue weighted by Crippen LogP contribution is 2.36. The second kappa shape index (κ2) is 9.27. The minimum Gasteiger partial charge on any atom is -0.478 e. The number of pyridine rings is 1. The average molecular weight is 515 g/mol. The van der Waals surface area contributed by atoms with Crippen LogP contribution in [0.4, 0.5) is 11.4 Å². The first-order valence-electron chi connectivity index (χ1n) is 10.5. The molecule has 0 radical (unpaired) electrons. The highest BCUT2D eigenvalue weighted by Gasteiger charge is 2.30. The van der Waals surface area contributed by atoms with E-state index in [-0.39, 0.29) is 40.7 Å². The van der Waals surface area contributed by atoms with Crippen LogP contribution in [0.2, 0.25) is 5.02 Å². The Kier molecular flexibility index (Phi) is 6.15. The molecule has 0 amide bonds. The first-order chi connectivity index (χ1) is 16.8. The third-order valence-electron chi connectivity index (χ3n) is 5.57. The van der Waals surface area contributed by atoms with Crippen LogP contribution in [0.3, 0.4) is 0 Å². The van der Waals surface area contributed by atoms with Crippen molar-refractivity contribution in [3.05, 3.63) is 65.6 Å². The van der Waals surface area contributed by atoms with E-state index in [1.807, 2.05) is 0 Å². The molecule has 0 atom stereocenters. The Hall–Kier alpha value is -3.51. The Labute approximate surface area is 205 Å². The van der Waals surface area contributed by atoms with Gasteiger partial charge in [0.05, 0.1) is 41.7 Å². The number of carboxylic acids is 1. The van der Waals surface area contributed by atoms with Gasteiger partial charge in [-0.3, -0.25) is 4.98 Å². The summed E-state index contributed by atoms with van der Waals surface area (Å²) in [7, 11) is -3.94. The van der Waals surface area contributed by atoms with Gasteiger partial charge in [0.2, 0.25) is 15.9 Å². The number of nitrogens with zero attached hydrogens (tertiary/aromatic N) is 3. The molecule has 180 valence electrons. The molecule has 5 rings (SSSR count). The number of ether oxygens (including phenoxy) is 1. The van der Waals surface area contributed by atoms with Gasteiger partial charge in [0, 0.05) is 35.4 Å². The topological polar surface area (TPSA) is 135 Å². The summed E-state index contributed by atoms with van der Waals surface area (Å²) < 4.78 is 39.0. The van der Waals surface area contributed by atoms with Crippen molar-refractivity contribution in [2.24, 2.45) is 0 Å². The van der Waals surface area contributed by atoms with E-state index in [1.54, 1.807) is 30.3 Å². The summed E-state index contributed by atoms with van der Waals surface area (Å²) in [6.45, 7) is 1.00. The van der Waals surface area contributed by atoms with Crippen molar-refractivity contribution >= 4 is 49.9 Å². The Morgan fingerprint density at radius 1 is 1.11 bits per heavy atom. The van der Waals surface area contributed by atoms with Crippen molar-refractivity contribution in [1.82, 2.24) is 14.3 Å². The molecule has 1 fully saturated rings. The van der Waals surface area contributed by atoms with Gasteiger partial charge in [-0.25, -0.2) is 18.2 Å². The molecule has 1 aliphatic rings. The molecule has 35 heavy (non-hydrogen) atoms. The van der Waals surface area contributed by atoms with E-state index in [1.165, 1.54) is 29.0 Å². The lowest BCUT2D eigenvalue weighted by molar-refractivity contribution is 0.0697. The highest BCUT2D eigenvalue weighted by atomic mass is 35.5. The van der Waals surface area contributed by atoms with Crippen molar-refractivity contribution in [1.29, 1.82) is 0 Å². The van der Waals surface area contributed by atoms with Crippen LogP contribution in [0.5, 0.6) is 0 Å². The summed E-state index contributed by atoms with van der Waals surface area (Å²) >= 11 is 6.23. The number of halogens is 1. The first kappa shape index (κ1) is 23.2. The maximum Gasteiger partial charge on any atom is 0.336 e. The molecule has 0 unspecified atom stereocenters. The maximum atomic E-state index is 13.6. The molecule has 0 bridgehead atoms. The lowest BCUT2D eigenvalue weighted by Crippen LogP contribution is -2.40. The zero-order valence-electron chi connectivity index (χ0n) is 18.1. The minimum absolute atomic E-state index is 0.0529. The molecule has 0 spiro atoms. The van der Waals surface area contributed by atoms with Crippen LogP contribution < -0.4 is 5.32 Å². The molecule has 0 saturated carbocycles. The predicted octanol–water partition coefficient (Wildman–Crippen LogP) is 4.01. The molecule has 1 saturated heterocycles. The van der Waals surface area contributed by atoms with Crippen LogP contribution in [-0.4, -0.2) is 60.1 Å². The predicted molar refractivity (Wildman–Crippen MR) is 129 cm³/mol. The number of fused-ring (bicyclic) bond motifs is 1. The monoisotopic (exact) mass is 514 g/mol. The van der Waals surface area contributed by atoms with E-state index in [9.17, 15) is 18.3 Å². The van der Waals surface area contributed by atoms with Crippen molar-refractivity contribution in [3.8, 4) is 11.5 Å². The number of sulfonamides is 1. The summed E-state index contributed by atoms with van der Waals surface area (Å²) in [5.74, 6) is -1.03. The molecule has 1 aliphatic heterocycles. The Balaban J connectivity index is 1.65. The van der Waals surface area contributed by atoms with E-state index in [0.717, 1.165) is 0 Å². The van der Waals surface area contributed by atoms with Crippen LogP contribution in [0, 0.1) is 0 Å². The molecule has 2 aromatic heterocycles. The third-order valence-corrected chi connectivity index (χ3v) is 7.71. The number of benzene rings is 2. The summed E-state index contributed by atoms with van der Waals surface area (Å²) in [5.41, 5.74) is 1.34. The van der Waals surface area contributed by atoms with Gasteiger partial charge in [0.25, 0.3) is 0 Å². The number of nitrogens with one attached hydrogen (secondary N) is 1. The van der Waals surface area contributed by atoms with Gasteiger partial charge in [0.15, 0.2) is 0 Å². The number of anilines is 2. The largest absolute Gasteiger partial charge is 0.478 e. The van der Waals surface area contributed by atoms with Crippen LogP contribution >= 0.6 is 11.6 Å². The minimum atomic E-state index is -3.94. The van der Waals surface area contributed by atoms with Crippen LogP contribution in [0.25, 0.3) is 22.4 Å². The van der Waals surface area contributed by atoms with E-state index in [2.05, 4.69) is 15.3 Å². The third kappa shape index (κ3) is 4.46. The number of hydrogen-bond donors (Lipinski definition) is 2. The van der Waals surface area contributed by atoms with E-state index in [4.69, 9.17) is 20.8 Å². The zero-order chi connectivity index (χ0) is 24.6. The van der Waals surface area contributed by atoms with E-state index < -0.39 is 16.0 Å². The fourth-order valence-corrected chi connectivity index (χ4v) is 5.57. The molecule has 0 aliphatic carbocycles. The number of morpholine rings is 1. The lowest BCUT2D eigenvalue weighted by atomic mass is 10.1. The lowest BCUT2D eigenvalue weighted by Gasteiger charge is -2.27. The summed E-state index contributed by atoms with van der Waals surface area (Å²) in [6, 6.07) is 9.51. The number of aromatic carboxylic acids is 1. The second-order valence-corrected chi connectivity index (χ2v) is 10.0. The molecule has 2 N–H and O–H groups in total. The van der Waals surface area contributed by atoms with Gasteiger partial charge in [0.1, 0.15) is 11.2 Å². The molecule has 2 aromatic carbocycles. The van der Waals surface area contributed by atoms with Crippen molar-refractivity contribution in [3.63, 3.8) is 0 Å². The fraction of sp³-hybridized carbons (Fsp3) is 0.174. The van der Waals surface area contributed by atoms with E-state index in [0.29, 0.717) is 34.8 Å². The number of carboxylic acid groups (broad SMARTS) is 1. The SMILES string of the molecule is O=C(O)c1cc(Nc2c(S(=O)(=O)N3CCOCC3)cnc3ccc(Cl)cc23)ccc1-c1ncco1. The quantitative estimate of drug-likeness (QED) is 0.391. The van der Waals surface area contributed by atoms with E-state index >= 15 is 0 Å². The van der Waals surface area contributed by atoms with Crippen LogP contribution in [0.1, 0.15) is 10.4 Å². The fourth-order valence-electron chi connectivity index (χ4n) is 3.88. The van der Waals surface area contributed by atoms with Gasteiger partial charge in [-0.15, -0.1) is 0 Å². The number of hydrogen-bond acceptors (Lipinski definition) is 8. The maximum absolute atomic E-state index is 13.6. The van der Waals surface area contributed by atoms with Crippen LogP contribution in [0.15, 0.2) is 64.4 Å². The standard InChI is InChI=1S/C23H19ClN4O6S/c24-14-1-4-19-18(11-14)21(20(13-26-19)35(31,32)28-6-9-33-10-7-28)27-15-2-3-16(17(12-15)23(29)30)22-25-5-8-34-22/h1-5,8,11-13H,6-7,9-10H2,(H,26,27)(H,29,30). The van der Waals surface area contributed by atoms with Gasteiger partial charge in [-0.05, 0) is 36.4 Å². The molecule has 12 heteroatoms. The average Bonchev–Trinajstić information content (AvgIpc) is 3.39. The molecule has 10 nitrogen and oxygen atoms in total. The molecule has 3 heterocycles. The van der Waals surface area contributed by atoms with Crippen LogP contribution in [-0.2, 0) is 14.8 Å². The van der Waals surface area contributed by atoms with Gasteiger partial charge in [-0.2, -0.15) is 4.31 Å². The number of carbonyl (C=O) groups is 1. The number of aromatic nitrogens is 2. The first-order valence-corrected chi connectivity index (χ1v) is 12.4. The smallest absolute Gasteiger partial charge is 0.336 e. The normalized spacial score (nSPS) is 14.8. The summed E-state index contributed by atoms with van der Waals surface area (Å²) in [4.78, 5) is 20.3. The number of oxazole rings is 1. The summed E-state index contributed by atoms with van der Waals surface area (Å²) in [6.07, 6.45) is 4.06. The molecular weight excluding hydrogens is 496 g/mol. The van der Waals surface area contributed by atoms with Gasteiger partial charge >= 0.3 is 5.97 Å². The molecular formula is C23H19ClN4O6S.